The molecule has 0 atom stereocenters. The van der Waals surface area contributed by atoms with E-state index in [-0.39, 0.29) is 18.4 Å². The number of amides is 2. The Labute approximate surface area is 135 Å². The molecule has 4 nitrogen and oxygen atoms in total. The molecule has 1 heterocycles. The lowest BCUT2D eigenvalue weighted by Gasteiger charge is -2.29. The number of hydrogen-bond donors (Lipinski definition) is 1. The third-order valence-electron chi connectivity index (χ3n) is 3.34. The molecule has 1 aliphatic heterocycles. The highest BCUT2D eigenvalue weighted by Crippen LogP contribution is 2.31. The SMILES string of the molecule is O=C1CN(C(=O)c2ccc(SC(F)F)cc2)c2ccccc2N1. The summed E-state index contributed by atoms with van der Waals surface area (Å²) in [6.45, 7) is -0.0800. The van der Waals surface area contributed by atoms with E-state index < -0.39 is 5.76 Å². The van der Waals surface area contributed by atoms with Crippen LogP contribution in [0.15, 0.2) is 53.4 Å². The van der Waals surface area contributed by atoms with Crippen LogP contribution in [0.1, 0.15) is 10.4 Å². The summed E-state index contributed by atoms with van der Waals surface area (Å²) in [5, 5.41) is 2.71. The highest BCUT2D eigenvalue weighted by Gasteiger charge is 2.27. The zero-order chi connectivity index (χ0) is 16.4. The Morgan fingerprint density at radius 2 is 1.83 bits per heavy atom. The number of thioether (sulfide) groups is 1. The topological polar surface area (TPSA) is 49.4 Å². The van der Waals surface area contributed by atoms with Crippen LogP contribution in [0.5, 0.6) is 0 Å². The van der Waals surface area contributed by atoms with Gasteiger partial charge in [-0.1, -0.05) is 23.9 Å². The summed E-state index contributed by atoms with van der Waals surface area (Å²) < 4.78 is 24.6. The predicted octanol–water partition coefficient (Wildman–Crippen LogP) is 3.60. The Hall–Kier alpha value is -2.41. The second-order valence-corrected chi connectivity index (χ2v) is 5.92. The third kappa shape index (κ3) is 3.34. The molecule has 0 aromatic heterocycles. The molecule has 7 heteroatoms. The van der Waals surface area contributed by atoms with Gasteiger partial charge < -0.3 is 5.32 Å². The van der Waals surface area contributed by atoms with Gasteiger partial charge in [0.1, 0.15) is 6.54 Å². The van der Waals surface area contributed by atoms with Gasteiger partial charge in [-0.3, -0.25) is 14.5 Å². The smallest absolute Gasteiger partial charge is 0.288 e. The van der Waals surface area contributed by atoms with Gasteiger partial charge in [0.05, 0.1) is 11.4 Å². The van der Waals surface area contributed by atoms with E-state index in [9.17, 15) is 18.4 Å². The van der Waals surface area contributed by atoms with Gasteiger partial charge in [0.2, 0.25) is 5.91 Å². The fraction of sp³-hybridized carbons (Fsp3) is 0.125. The number of alkyl halides is 2. The van der Waals surface area contributed by atoms with E-state index in [1.54, 1.807) is 24.3 Å². The molecule has 3 rings (SSSR count). The highest BCUT2D eigenvalue weighted by atomic mass is 32.2. The van der Waals surface area contributed by atoms with Crippen molar-refractivity contribution >= 4 is 35.0 Å². The van der Waals surface area contributed by atoms with Gasteiger partial charge >= 0.3 is 0 Å². The van der Waals surface area contributed by atoms with Gasteiger partial charge in [-0.25, -0.2) is 0 Å². The number of carbonyl (C=O) groups excluding carboxylic acids is 2. The van der Waals surface area contributed by atoms with Crippen LogP contribution < -0.4 is 10.2 Å². The number of nitrogens with zero attached hydrogens (tertiary/aromatic N) is 1. The minimum absolute atomic E-state index is 0.0800. The molecule has 0 fully saturated rings. The first-order chi connectivity index (χ1) is 11.0. The number of benzene rings is 2. The van der Waals surface area contributed by atoms with Crippen LogP contribution in [0.3, 0.4) is 0 Å². The number of carbonyl (C=O) groups is 2. The standard InChI is InChI=1S/C16H12F2N2O2S/c17-16(18)23-11-7-5-10(6-8-11)15(22)20-9-14(21)19-12-3-1-2-4-13(12)20/h1-8,16H,9H2,(H,19,21). The molecular formula is C16H12F2N2O2S. The summed E-state index contributed by atoms with van der Waals surface area (Å²) >= 11 is 0.421. The minimum Gasteiger partial charge on any atom is -0.323 e. The van der Waals surface area contributed by atoms with Crippen LogP contribution in [0.2, 0.25) is 0 Å². The highest BCUT2D eigenvalue weighted by molar-refractivity contribution is 7.99. The largest absolute Gasteiger partial charge is 0.323 e. The Kier molecular flexibility index (Phi) is 4.29. The second-order valence-electron chi connectivity index (χ2n) is 4.86. The van der Waals surface area contributed by atoms with Gasteiger partial charge in [0.15, 0.2) is 0 Å². The van der Waals surface area contributed by atoms with Gasteiger partial charge in [-0.15, -0.1) is 0 Å². The van der Waals surface area contributed by atoms with Crippen LogP contribution in [0.4, 0.5) is 20.2 Å². The van der Waals surface area contributed by atoms with Crippen LogP contribution in [-0.4, -0.2) is 24.1 Å². The number of anilines is 2. The monoisotopic (exact) mass is 334 g/mol. The van der Waals surface area contributed by atoms with Crippen molar-refractivity contribution in [2.45, 2.75) is 10.7 Å². The van der Waals surface area contributed by atoms with Crippen molar-refractivity contribution in [3.05, 3.63) is 54.1 Å². The number of rotatable bonds is 3. The van der Waals surface area contributed by atoms with Crippen molar-refractivity contribution in [2.24, 2.45) is 0 Å². The summed E-state index contributed by atoms with van der Waals surface area (Å²) in [5.74, 6) is -3.13. The first-order valence-electron chi connectivity index (χ1n) is 6.80. The van der Waals surface area contributed by atoms with Gasteiger partial charge in [0.25, 0.3) is 11.7 Å². The van der Waals surface area contributed by atoms with E-state index in [0.717, 1.165) is 0 Å². The molecule has 23 heavy (non-hydrogen) atoms. The molecule has 1 N–H and O–H groups in total. The van der Waals surface area contributed by atoms with Gasteiger partial charge in [-0.2, -0.15) is 8.78 Å². The maximum Gasteiger partial charge on any atom is 0.288 e. The van der Waals surface area contributed by atoms with Crippen molar-refractivity contribution in [1.82, 2.24) is 0 Å². The zero-order valence-corrected chi connectivity index (χ0v) is 12.6. The van der Waals surface area contributed by atoms with E-state index in [1.807, 2.05) is 0 Å². The molecule has 0 spiro atoms. The fourth-order valence-corrected chi connectivity index (χ4v) is 2.85. The molecule has 2 aromatic rings. The normalized spacial score (nSPS) is 13.7. The van der Waals surface area contributed by atoms with E-state index in [4.69, 9.17) is 0 Å². The van der Waals surface area contributed by atoms with Gasteiger partial charge in [-0.05, 0) is 36.4 Å². The van der Waals surface area contributed by atoms with Crippen LogP contribution in [0.25, 0.3) is 0 Å². The van der Waals surface area contributed by atoms with Crippen molar-refractivity contribution in [1.29, 1.82) is 0 Å². The summed E-state index contributed by atoms with van der Waals surface area (Å²) in [5.41, 5.74) is 1.53. The summed E-state index contributed by atoms with van der Waals surface area (Å²) in [4.78, 5) is 26.1. The van der Waals surface area contributed by atoms with Crippen LogP contribution in [0, 0.1) is 0 Å². The van der Waals surface area contributed by atoms with Crippen LogP contribution in [-0.2, 0) is 4.79 Å². The Bertz CT molecular complexity index is 750. The summed E-state index contributed by atoms with van der Waals surface area (Å²) in [6, 6.07) is 12.9. The van der Waals surface area contributed by atoms with E-state index >= 15 is 0 Å². The summed E-state index contributed by atoms with van der Waals surface area (Å²) in [6.07, 6.45) is 0. The summed E-state index contributed by atoms with van der Waals surface area (Å²) in [7, 11) is 0. The average Bonchev–Trinajstić information content (AvgIpc) is 2.53. The molecule has 0 unspecified atom stereocenters. The molecule has 2 aromatic carbocycles. The number of hydrogen-bond acceptors (Lipinski definition) is 3. The number of halogens is 2. The number of fused-ring (bicyclic) bond motifs is 1. The maximum atomic E-state index is 12.6. The number of nitrogens with one attached hydrogen (secondary N) is 1. The minimum atomic E-state index is -2.51. The van der Waals surface area contributed by atoms with Crippen molar-refractivity contribution in [2.75, 3.05) is 16.8 Å². The molecule has 0 saturated carbocycles. The lowest BCUT2D eigenvalue weighted by Crippen LogP contribution is -2.42. The molecule has 2 amide bonds. The first-order valence-corrected chi connectivity index (χ1v) is 7.68. The molecule has 1 aliphatic rings. The fourth-order valence-electron chi connectivity index (χ4n) is 2.35. The lowest BCUT2D eigenvalue weighted by molar-refractivity contribution is -0.115. The second kappa shape index (κ2) is 6.37. The first kappa shape index (κ1) is 15.5. The average molecular weight is 334 g/mol. The van der Waals surface area contributed by atoms with E-state index in [1.165, 1.54) is 29.2 Å². The van der Waals surface area contributed by atoms with E-state index in [2.05, 4.69) is 5.32 Å². The van der Waals surface area contributed by atoms with Gasteiger partial charge in [0, 0.05) is 10.5 Å². The molecule has 0 aliphatic carbocycles. The van der Waals surface area contributed by atoms with Crippen molar-refractivity contribution in [3.63, 3.8) is 0 Å². The quantitative estimate of drug-likeness (QED) is 0.873. The Balaban J connectivity index is 1.87. The Morgan fingerprint density at radius 3 is 2.52 bits per heavy atom. The van der Waals surface area contributed by atoms with Crippen LogP contribution >= 0.6 is 11.8 Å². The molecule has 0 saturated heterocycles. The maximum absolute atomic E-state index is 12.6. The molecule has 0 radical (unpaired) electrons. The Morgan fingerprint density at radius 1 is 1.13 bits per heavy atom. The predicted molar refractivity (Wildman–Crippen MR) is 85.1 cm³/mol. The zero-order valence-electron chi connectivity index (χ0n) is 11.8. The van der Waals surface area contributed by atoms with Crippen molar-refractivity contribution < 1.29 is 18.4 Å². The molecular weight excluding hydrogens is 322 g/mol. The lowest BCUT2D eigenvalue weighted by atomic mass is 10.1. The van der Waals surface area contributed by atoms with E-state index in [0.29, 0.717) is 33.6 Å². The van der Waals surface area contributed by atoms with Crippen molar-refractivity contribution in [3.8, 4) is 0 Å². The molecule has 118 valence electrons. The number of para-hydroxylation sites is 2. The molecule has 0 bridgehead atoms. The third-order valence-corrected chi connectivity index (χ3v) is 4.06.